The van der Waals surface area contributed by atoms with Gasteiger partial charge in [-0.25, -0.2) is 4.39 Å². The number of hydrogen-bond donors (Lipinski definition) is 2. The third-order valence-electron chi connectivity index (χ3n) is 3.20. The number of aliphatic imine (C=N–C) groups is 1. The molecule has 26 heavy (non-hydrogen) atoms. The zero-order valence-electron chi connectivity index (χ0n) is 15.1. The van der Waals surface area contributed by atoms with Gasteiger partial charge in [-0.2, -0.15) is 0 Å². The van der Waals surface area contributed by atoms with Crippen molar-refractivity contribution in [2.75, 3.05) is 12.8 Å². The van der Waals surface area contributed by atoms with Gasteiger partial charge in [0, 0.05) is 18.8 Å². The lowest BCUT2D eigenvalue weighted by atomic mass is 10.1. The Bertz CT molecular complexity index is 841. The molecule has 2 aromatic rings. The summed E-state index contributed by atoms with van der Waals surface area (Å²) in [6.45, 7) is 7.63. The number of benzene rings is 1. The van der Waals surface area contributed by atoms with Crippen molar-refractivity contribution in [2.24, 2.45) is 4.99 Å². The molecule has 1 aromatic carbocycles. The number of nitrogens with zero attached hydrogens (tertiary/aromatic N) is 3. The molecule has 0 fully saturated rings. The van der Waals surface area contributed by atoms with Crippen LogP contribution < -0.4 is 5.73 Å². The van der Waals surface area contributed by atoms with Crippen molar-refractivity contribution in [3.8, 4) is 17.0 Å². The van der Waals surface area contributed by atoms with E-state index in [2.05, 4.69) is 21.8 Å². The fraction of sp³-hybridized carbons (Fsp3) is 0.150. The van der Waals surface area contributed by atoms with Gasteiger partial charge in [-0.15, -0.1) is 10.2 Å². The number of halogens is 1. The molecule has 2 rings (SSSR count). The monoisotopic (exact) mass is 354 g/mol. The Kier molecular flexibility index (Phi) is 8.43. The summed E-state index contributed by atoms with van der Waals surface area (Å²) in [6.07, 6.45) is 5.91. The van der Waals surface area contributed by atoms with Crippen LogP contribution in [0.3, 0.4) is 0 Å². The molecule has 6 heteroatoms. The lowest BCUT2D eigenvalue weighted by molar-refractivity contribution is 0.477. The summed E-state index contributed by atoms with van der Waals surface area (Å²) in [5.41, 5.74) is 7.11. The largest absolute Gasteiger partial charge is 0.507 e. The second-order valence-corrected chi connectivity index (χ2v) is 4.82. The summed E-state index contributed by atoms with van der Waals surface area (Å²) >= 11 is 0. The minimum Gasteiger partial charge on any atom is -0.507 e. The van der Waals surface area contributed by atoms with Crippen LogP contribution >= 0.6 is 0 Å². The Balaban J connectivity index is 0.00000163. The molecule has 0 bridgehead atoms. The number of allylic oxidation sites excluding steroid dienone is 4. The first kappa shape index (κ1) is 20.8. The fourth-order valence-electron chi connectivity index (χ4n) is 1.97. The third-order valence-corrected chi connectivity index (χ3v) is 3.20. The van der Waals surface area contributed by atoms with Crippen LogP contribution in [0.25, 0.3) is 17.1 Å². The Labute approximate surface area is 153 Å². The topological polar surface area (TPSA) is 84.4 Å². The maximum absolute atomic E-state index is 14.6. The second kappa shape index (κ2) is 10.6. The number of phenols is 1. The van der Waals surface area contributed by atoms with Crippen LogP contribution in [-0.2, 0) is 0 Å². The summed E-state index contributed by atoms with van der Waals surface area (Å²) in [6, 6.07) is 8.04. The van der Waals surface area contributed by atoms with Crippen LogP contribution in [0.5, 0.6) is 5.75 Å². The number of hydrogen-bond acceptors (Lipinski definition) is 5. The first-order valence-electron chi connectivity index (χ1n) is 8.10. The molecule has 0 aliphatic heterocycles. The van der Waals surface area contributed by atoms with E-state index >= 15 is 0 Å². The highest BCUT2D eigenvalue weighted by molar-refractivity contribution is 5.78. The van der Waals surface area contributed by atoms with Gasteiger partial charge in [0.2, 0.25) is 0 Å². The zero-order chi connectivity index (χ0) is 19.5. The minimum atomic E-state index is -0.588. The zero-order valence-corrected chi connectivity index (χ0v) is 15.1. The standard InChI is InChI=1S/C18H17FN4O.C2H6/c1-3-12(8-9-21-2)10-15(19)14-11-16(22-23-18(14)20)13-6-4-5-7-17(13)24;1-2/h3-11,24H,1H2,2H3,(H2,20,23);1-2H3/b12-8+,15-10-,21-9?;. The molecule has 0 radical (unpaired) electrons. The van der Waals surface area contributed by atoms with Gasteiger partial charge in [-0.05, 0) is 35.9 Å². The van der Waals surface area contributed by atoms with Gasteiger partial charge in [0.05, 0.1) is 11.3 Å². The van der Waals surface area contributed by atoms with E-state index in [9.17, 15) is 9.50 Å². The predicted octanol–water partition coefficient (Wildman–Crippen LogP) is 4.58. The molecule has 0 saturated carbocycles. The van der Waals surface area contributed by atoms with Crippen LogP contribution in [-0.4, -0.2) is 28.6 Å². The molecule has 0 aliphatic carbocycles. The molecular weight excluding hydrogens is 331 g/mol. The molecular formula is C20H23FN4O. The van der Waals surface area contributed by atoms with Crippen LogP contribution in [0.15, 0.2) is 65.7 Å². The predicted molar refractivity (Wildman–Crippen MR) is 107 cm³/mol. The van der Waals surface area contributed by atoms with E-state index in [1.165, 1.54) is 30.5 Å². The smallest absolute Gasteiger partial charge is 0.156 e. The van der Waals surface area contributed by atoms with Crippen molar-refractivity contribution in [3.63, 3.8) is 0 Å². The van der Waals surface area contributed by atoms with Crippen molar-refractivity contribution >= 4 is 17.9 Å². The molecule has 1 heterocycles. The molecule has 0 amide bonds. The quantitative estimate of drug-likeness (QED) is 0.608. The average molecular weight is 354 g/mol. The normalized spacial score (nSPS) is 11.8. The highest BCUT2D eigenvalue weighted by Crippen LogP contribution is 2.30. The van der Waals surface area contributed by atoms with E-state index in [1.807, 2.05) is 13.8 Å². The van der Waals surface area contributed by atoms with E-state index in [1.54, 1.807) is 31.3 Å². The molecule has 0 spiro atoms. The highest BCUT2D eigenvalue weighted by Gasteiger charge is 2.12. The molecule has 5 nitrogen and oxygen atoms in total. The molecule has 0 aliphatic rings. The summed E-state index contributed by atoms with van der Waals surface area (Å²) in [4.78, 5) is 3.81. The lowest BCUT2D eigenvalue weighted by Crippen LogP contribution is -2.00. The van der Waals surface area contributed by atoms with Gasteiger partial charge >= 0.3 is 0 Å². The van der Waals surface area contributed by atoms with Gasteiger partial charge < -0.3 is 10.8 Å². The maximum atomic E-state index is 14.6. The van der Waals surface area contributed by atoms with Crippen LogP contribution in [0, 0.1) is 0 Å². The molecule has 0 saturated heterocycles. The first-order valence-corrected chi connectivity index (χ1v) is 8.10. The van der Waals surface area contributed by atoms with Crippen LogP contribution in [0.4, 0.5) is 10.2 Å². The Morgan fingerprint density at radius 3 is 2.58 bits per heavy atom. The van der Waals surface area contributed by atoms with Crippen LogP contribution in [0.1, 0.15) is 19.4 Å². The van der Waals surface area contributed by atoms with E-state index in [0.717, 1.165) is 0 Å². The van der Waals surface area contributed by atoms with Gasteiger partial charge in [0.1, 0.15) is 11.6 Å². The van der Waals surface area contributed by atoms with E-state index in [-0.39, 0.29) is 17.1 Å². The van der Waals surface area contributed by atoms with Gasteiger partial charge in [0.25, 0.3) is 0 Å². The summed E-state index contributed by atoms with van der Waals surface area (Å²) in [5, 5.41) is 17.6. The lowest BCUT2D eigenvalue weighted by Gasteiger charge is -2.07. The third kappa shape index (κ3) is 5.37. The maximum Gasteiger partial charge on any atom is 0.156 e. The number of aromatic nitrogens is 2. The number of nitrogens with two attached hydrogens (primary N) is 1. The fourth-order valence-corrected chi connectivity index (χ4v) is 1.97. The van der Waals surface area contributed by atoms with E-state index in [0.29, 0.717) is 16.8 Å². The van der Waals surface area contributed by atoms with Crippen molar-refractivity contribution in [2.45, 2.75) is 13.8 Å². The second-order valence-electron chi connectivity index (χ2n) is 4.82. The van der Waals surface area contributed by atoms with Crippen molar-refractivity contribution in [1.29, 1.82) is 0 Å². The van der Waals surface area contributed by atoms with E-state index in [4.69, 9.17) is 5.73 Å². The van der Waals surface area contributed by atoms with Gasteiger partial charge in [-0.1, -0.05) is 38.6 Å². The number of anilines is 1. The Morgan fingerprint density at radius 1 is 1.27 bits per heavy atom. The number of para-hydroxylation sites is 1. The SMILES string of the molecule is C=CC(/C=C(\F)c1cc(-c2ccccc2O)nnc1N)=C\C=NC.CC. The minimum absolute atomic E-state index is 0.0257. The summed E-state index contributed by atoms with van der Waals surface area (Å²) in [7, 11) is 1.61. The van der Waals surface area contributed by atoms with Gasteiger partial charge in [-0.3, -0.25) is 4.99 Å². The summed E-state index contributed by atoms with van der Waals surface area (Å²) < 4.78 is 14.6. The van der Waals surface area contributed by atoms with Gasteiger partial charge in [0.15, 0.2) is 5.82 Å². The Morgan fingerprint density at radius 2 is 1.96 bits per heavy atom. The number of phenolic OH excluding ortho intramolecular Hbond substituents is 1. The number of nitrogen functional groups attached to an aromatic ring is 1. The average Bonchev–Trinajstić information content (AvgIpc) is 2.67. The Hall–Kier alpha value is -3.28. The first-order chi connectivity index (χ1) is 12.6. The van der Waals surface area contributed by atoms with Crippen molar-refractivity contribution in [1.82, 2.24) is 10.2 Å². The molecule has 3 N–H and O–H groups in total. The van der Waals surface area contributed by atoms with Crippen LogP contribution in [0.2, 0.25) is 0 Å². The molecule has 0 atom stereocenters. The van der Waals surface area contributed by atoms with E-state index < -0.39 is 5.83 Å². The molecule has 0 unspecified atom stereocenters. The molecule has 1 aromatic heterocycles. The van der Waals surface area contributed by atoms with Crippen molar-refractivity contribution < 1.29 is 9.50 Å². The highest BCUT2D eigenvalue weighted by atomic mass is 19.1. The summed E-state index contributed by atoms with van der Waals surface area (Å²) in [5.74, 6) is -0.608. The van der Waals surface area contributed by atoms with Crippen molar-refractivity contribution in [3.05, 3.63) is 66.3 Å². The number of rotatable bonds is 5. The number of aromatic hydroxyl groups is 1. The molecule has 136 valence electrons.